The summed E-state index contributed by atoms with van der Waals surface area (Å²) in [4.78, 5) is 38.1. The Morgan fingerprint density at radius 1 is 1.40 bits per heavy atom. The van der Waals surface area contributed by atoms with Crippen LogP contribution in [0.2, 0.25) is 0 Å². The molecule has 1 aliphatic heterocycles. The van der Waals surface area contributed by atoms with Gasteiger partial charge in [0.25, 0.3) is 0 Å². The van der Waals surface area contributed by atoms with Gasteiger partial charge in [0.05, 0.1) is 5.92 Å². The monoisotopic (exact) mass is 339 g/mol. The van der Waals surface area contributed by atoms with Crippen LogP contribution in [0, 0.1) is 18.3 Å². The highest BCUT2D eigenvalue weighted by molar-refractivity contribution is 5.94. The fourth-order valence-electron chi connectivity index (χ4n) is 2.80. The molecule has 0 saturated carbocycles. The Labute approximate surface area is 147 Å². The Morgan fingerprint density at radius 2 is 2.12 bits per heavy atom. The number of esters is 1. The normalized spacial score (nSPS) is 17.2. The first kappa shape index (κ1) is 18.5. The van der Waals surface area contributed by atoms with Crippen molar-refractivity contribution in [3.63, 3.8) is 0 Å². The molecule has 1 saturated heterocycles. The second kappa shape index (κ2) is 8.84. The molecule has 0 radical (unpaired) electrons. The Balaban J connectivity index is 2.06. The van der Waals surface area contributed by atoms with Crippen LogP contribution in [0.25, 0.3) is 0 Å². The molecule has 1 aromatic rings. The molecule has 25 heavy (non-hydrogen) atoms. The number of nitrogens with zero attached hydrogens (tertiary/aromatic N) is 1. The van der Waals surface area contributed by atoms with E-state index in [1.165, 1.54) is 11.0 Å². The van der Waals surface area contributed by atoms with Crippen LogP contribution in [0.15, 0.2) is 43.0 Å². The lowest BCUT2D eigenvalue weighted by atomic mass is 9.88. The van der Waals surface area contributed by atoms with Crippen molar-refractivity contribution in [1.29, 1.82) is 0 Å². The van der Waals surface area contributed by atoms with Crippen LogP contribution in [0.5, 0.6) is 0 Å². The molecule has 2 rings (SSSR count). The molecular formula is C20H21NO4. The van der Waals surface area contributed by atoms with E-state index in [-0.39, 0.29) is 37.1 Å². The highest BCUT2D eigenvalue weighted by Gasteiger charge is 2.45. The van der Waals surface area contributed by atoms with Gasteiger partial charge < -0.3 is 9.64 Å². The van der Waals surface area contributed by atoms with E-state index in [1.54, 1.807) is 24.3 Å². The van der Waals surface area contributed by atoms with Crippen molar-refractivity contribution in [1.82, 2.24) is 4.90 Å². The quantitative estimate of drug-likeness (QED) is 0.300. The van der Waals surface area contributed by atoms with Gasteiger partial charge in [0.1, 0.15) is 12.4 Å². The Kier molecular flexibility index (Phi) is 6.53. The first-order valence-electron chi connectivity index (χ1n) is 8.16. The Hall–Kier alpha value is -2.87. The zero-order chi connectivity index (χ0) is 18.2. The van der Waals surface area contributed by atoms with E-state index in [1.807, 2.05) is 6.07 Å². The van der Waals surface area contributed by atoms with Crippen LogP contribution in [-0.2, 0) is 19.1 Å². The van der Waals surface area contributed by atoms with Crippen molar-refractivity contribution in [2.45, 2.75) is 25.3 Å². The minimum Gasteiger partial charge on any atom is -0.460 e. The molecule has 1 amide bonds. The van der Waals surface area contributed by atoms with Crippen LogP contribution >= 0.6 is 0 Å². The molecule has 1 aromatic carbocycles. The minimum absolute atomic E-state index is 0.0264. The largest absolute Gasteiger partial charge is 0.460 e. The summed E-state index contributed by atoms with van der Waals surface area (Å²) in [5, 5.41) is 0. The van der Waals surface area contributed by atoms with Gasteiger partial charge in [-0.3, -0.25) is 9.59 Å². The summed E-state index contributed by atoms with van der Waals surface area (Å²) >= 11 is 0. The number of carbonyl (C=O) groups excluding carboxylic acids is 3. The van der Waals surface area contributed by atoms with Crippen molar-refractivity contribution in [2.24, 2.45) is 5.92 Å². The number of Topliss-reactive ketones (excluding diaryl/α,β-unsaturated/α-hetero) is 1. The van der Waals surface area contributed by atoms with E-state index in [0.717, 1.165) is 0 Å². The van der Waals surface area contributed by atoms with Crippen molar-refractivity contribution in [3.8, 4) is 12.3 Å². The molecule has 0 bridgehead atoms. The number of β-lactam (4-membered cyclic amide) rings is 1. The van der Waals surface area contributed by atoms with Gasteiger partial charge in [-0.1, -0.05) is 43.0 Å². The van der Waals surface area contributed by atoms with Gasteiger partial charge in [-0.15, -0.1) is 12.3 Å². The highest BCUT2D eigenvalue weighted by Crippen LogP contribution is 2.33. The van der Waals surface area contributed by atoms with E-state index in [9.17, 15) is 14.4 Å². The molecule has 1 unspecified atom stereocenters. The number of likely N-dealkylation sites (tertiary alicyclic amines) is 1. The number of terminal acetylenes is 1. The molecule has 1 fully saturated rings. The van der Waals surface area contributed by atoms with Gasteiger partial charge in [-0.25, -0.2) is 4.79 Å². The van der Waals surface area contributed by atoms with Gasteiger partial charge in [-0.2, -0.15) is 0 Å². The third-order valence-corrected chi connectivity index (χ3v) is 4.07. The lowest BCUT2D eigenvalue weighted by Gasteiger charge is -2.42. The third kappa shape index (κ3) is 4.57. The molecule has 5 nitrogen and oxygen atoms in total. The average molecular weight is 339 g/mol. The summed E-state index contributed by atoms with van der Waals surface area (Å²) in [5.74, 6) is 1.29. The number of benzene rings is 1. The van der Waals surface area contributed by atoms with Crippen LogP contribution in [0.3, 0.4) is 0 Å². The average Bonchev–Trinajstić information content (AvgIpc) is 2.64. The molecule has 0 aliphatic carbocycles. The van der Waals surface area contributed by atoms with E-state index in [2.05, 4.69) is 12.5 Å². The van der Waals surface area contributed by atoms with Crippen LogP contribution in [0.1, 0.15) is 30.9 Å². The van der Waals surface area contributed by atoms with Crippen LogP contribution in [-0.4, -0.2) is 35.7 Å². The summed E-state index contributed by atoms with van der Waals surface area (Å²) in [6, 6.07) is 8.19. The molecule has 130 valence electrons. The highest BCUT2D eigenvalue weighted by atomic mass is 16.5. The van der Waals surface area contributed by atoms with Crippen molar-refractivity contribution in [2.75, 3.05) is 13.2 Å². The summed E-state index contributed by atoms with van der Waals surface area (Å²) in [6.45, 7) is 3.95. The number of ketones is 1. The zero-order valence-electron chi connectivity index (χ0n) is 14.0. The topological polar surface area (TPSA) is 63.7 Å². The maximum atomic E-state index is 12.5. The molecule has 1 heterocycles. The fourth-order valence-corrected chi connectivity index (χ4v) is 2.80. The molecule has 1 aliphatic rings. The minimum atomic E-state index is -0.800. The summed E-state index contributed by atoms with van der Waals surface area (Å²) in [5.41, 5.74) is 0.682. The molecule has 2 atom stereocenters. The fraction of sp³-hybridized carbons (Fsp3) is 0.350. The van der Waals surface area contributed by atoms with E-state index in [0.29, 0.717) is 18.5 Å². The molecule has 0 spiro atoms. The summed E-state index contributed by atoms with van der Waals surface area (Å²) in [6.07, 6.45) is 7.45. The molecule has 5 heteroatoms. The number of carbonyl (C=O) groups is 3. The Morgan fingerprint density at radius 3 is 2.72 bits per heavy atom. The third-order valence-electron chi connectivity index (χ3n) is 4.07. The van der Waals surface area contributed by atoms with Crippen molar-refractivity contribution in [3.05, 3.63) is 48.6 Å². The SMILES string of the molecule is C#CCCC(=O)CC1CN([C@@H](C(=O)OCC=C)c2ccccc2)C1=O. The van der Waals surface area contributed by atoms with E-state index < -0.39 is 12.0 Å². The first-order valence-corrected chi connectivity index (χ1v) is 8.16. The standard InChI is InChI=1S/C20H21NO4/c1-3-5-11-17(22)13-16-14-21(19(16)23)18(20(24)25-12-4-2)15-9-7-6-8-10-15/h1,4,6-10,16,18H,2,5,11-14H2/t16?,18-/m1/s1. The lowest BCUT2D eigenvalue weighted by Crippen LogP contribution is -2.56. The van der Waals surface area contributed by atoms with Crippen molar-refractivity contribution < 1.29 is 19.1 Å². The number of amides is 1. The lowest BCUT2D eigenvalue weighted by molar-refractivity contribution is -0.165. The summed E-state index contributed by atoms with van der Waals surface area (Å²) < 4.78 is 5.14. The number of hydrogen-bond donors (Lipinski definition) is 0. The van der Waals surface area contributed by atoms with Crippen LogP contribution in [0.4, 0.5) is 0 Å². The maximum Gasteiger partial charge on any atom is 0.333 e. The maximum absolute atomic E-state index is 12.5. The van der Waals surface area contributed by atoms with Gasteiger partial charge in [0, 0.05) is 25.8 Å². The predicted molar refractivity (Wildman–Crippen MR) is 93.2 cm³/mol. The molecule has 0 N–H and O–H groups in total. The zero-order valence-corrected chi connectivity index (χ0v) is 14.0. The van der Waals surface area contributed by atoms with Gasteiger partial charge >= 0.3 is 5.97 Å². The Bertz CT molecular complexity index is 689. The number of rotatable bonds is 9. The smallest absolute Gasteiger partial charge is 0.333 e. The number of hydrogen-bond acceptors (Lipinski definition) is 4. The second-order valence-corrected chi connectivity index (χ2v) is 5.87. The predicted octanol–water partition coefficient (Wildman–Crippen LogP) is 2.29. The van der Waals surface area contributed by atoms with Gasteiger partial charge in [-0.05, 0) is 5.56 Å². The molecule has 0 aromatic heterocycles. The van der Waals surface area contributed by atoms with E-state index in [4.69, 9.17) is 11.2 Å². The molecular weight excluding hydrogens is 318 g/mol. The second-order valence-electron chi connectivity index (χ2n) is 5.87. The van der Waals surface area contributed by atoms with Gasteiger partial charge in [0.15, 0.2) is 6.04 Å². The first-order chi connectivity index (χ1) is 12.1. The number of ether oxygens (including phenoxy) is 1. The van der Waals surface area contributed by atoms with Gasteiger partial charge in [0.2, 0.25) is 5.91 Å². The summed E-state index contributed by atoms with van der Waals surface area (Å²) in [7, 11) is 0. The van der Waals surface area contributed by atoms with Crippen LogP contribution < -0.4 is 0 Å². The van der Waals surface area contributed by atoms with E-state index >= 15 is 0 Å². The van der Waals surface area contributed by atoms with Crippen molar-refractivity contribution >= 4 is 17.7 Å².